The van der Waals surface area contributed by atoms with Crippen LogP contribution in [0.5, 0.6) is 0 Å². The van der Waals surface area contributed by atoms with Crippen LogP contribution in [0.25, 0.3) is 0 Å². The van der Waals surface area contributed by atoms with Gasteiger partial charge in [-0.3, -0.25) is 4.98 Å². The van der Waals surface area contributed by atoms with Crippen molar-refractivity contribution in [2.45, 2.75) is 91.8 Å². The normalized spacial score (nSPS) is 15.8. The number of pyridine rings is 1. The maximum Gasteiger partial charge on any atom is 0.384 e. The van der Waals surface area contributed by atoms with E-state index in [4.69, 9.17) is 0 Å². The summed E-state index contributed by atoms with van der Waals surface area (Å²) in [6.07, 6.45) is -18.6. The van der Waals surface area contributed by atoms with Crippen molar-refractivity contribution in [1.29, 1.82) is 0 Å². The van der Waals surface area contributed by atoms with E-state index in [-0.39, 0.29) is 19.2 Å². The number of rotatable bonds is 14. The molecule has 0 aliphatic carbocycles. The first-order chi connectivity index (χ1) is 19.5. The third kappa shape index (κ3) is 5.81. The fourth-order valence-corrected chi connectivity index (χ4v) is 3.29. The second-order valence-electron chi connectivity index (χ2n) is 9.09. The quantitative estimate of drug-likeness (QED) is 0.175. The van der Waals surface area contributed by atoms with E-state index < -0.39 is 102 Å². The lowest BCUT2D eigenvalue weighted by molar-refractivity contribution is -0.412. The van der Waals surface area contributed by atoms with Gasteiger partial charge in [0.25, 0.3) is 0 Å². The molecule has 1 heterocycles. The Morgan fingerprint density at radius 3 is 1.11 bits per heavy atom. The SMILES string of the molecule is Cc1nccc(CC(F)(F)C(F)(F)C(F)(F)C(F)(F)C(F)(F)C(F)F)c1CC(F)(F)C(F)(F)C(F)(F)C(F)(F)C(F)(F)C(F)F. The van der Waals surface area contributed by atoms with Crippen LogP contribution in [-0.4, -0.2) is 77.1 Å². The van der Waals surface area contributed by atoms with Gasteiger partial charge in [-0.1, -0.05) is 0 Å². The van der Waals surface area contributed by atoms with E-state index in [0.717, 1.165) is 0 Å². The van der Waals surface area contributed by atoms with Gasteiger partial charge in [0.1, 0.15) is 0 Å². The molecule has 0 atom stereocenters. The maximum absolute atomic E-state index is 14.3. The Labute approximate surface area is 232 Å². The third-order valence-electron chi connectivity index (χ3n) is 6.06. The number of nitrogens with zero attached hydrogens (tertiary/aromatic N) is 1. The van der Waals surface area contributed by atoms with Crippen LogP contribution in [0.1, 0.15) is 16.8 Å². The van der Waals surface area contributed by atoms with Gasteiger partial charge in [0, 0.05) is 24.7 Å². The molecule has 0 aliphatic rings. The molecule has 0 amide bonds. The highest BCUT2D eigenvalue weighted by Crippen LogP contribution is 2.60. The fourth-order valence-electron chi connectivity index (χ4n) is 3.29. The van der Waals surface area contributed by atoms with Crippen molar-refractivity contribution in [1.82, 2.24) is 4.98 Å². The van der Waals surface area contributed by atoms with Gasteiger partial charge in [-0.25, -0.2) is 17.6 Å². The average molecular weight is 721 g/mol. The topological polar surface area (TPSA) is 12.9 Å². The lowest BCUT2D eigenvalue weighted by atomic mass is 9.86. The molecule has 264 valence electrons. The number of hydrogen-bond donors (Lipinski definition) is 0. The van der Waals surface area contributed by atoms with Crippen LogP contribution in [0.2, 0.25) is 0 Å². The summed E-state index contributed by atoms with van der Waals surface area (Å²) < 4.78 is 323. The van der Waals surface area contributed by atoms with Gasteiger partial charge in [-0.05, 0) is 24.1 Å². The molecule has 1 aromatic rings. The number of aryl methyl sites for hydroxylation is 1. The molecule has 0 unspecified atom stereocenters. The molecule has 0 bridgehead atoms. The molecule has 0 fully saturated rings. The van der Waals surface area contributed by atoms with Gasteiger partial charge >= 0.3 is 72.1 Å². The molecule has 1 aromatic heterocycles. The van der Waals surface area contributed by atoms with Gasteiger partial charge in [-0.15, -0.1) is 0 Å². The van der Waals surface area contributed by atoms with Crippen molar-refractivity contribution in [2.75, 3.05) is 0 Å². The fraction of sp³-hybridized carbons (Fsp3) is 0.750. The first-order valence-electron chi connectivity index (χ1n) is 10.7. The van der Waals surface area contributed by atoms with E-state index in [2.05, 4.69) is 4.98 Å². The van der Waals surface area contributed by atoms with Gasteiger partial charge in [-0.2, -0.15) is 87.8 Å². The summed E-state index contributed by atoms with van der Waals surface area (Å²) in [7, 11) is 0. The van der Waals surface area contributed by atoms with Crippen LogP contribution < -0.4 is 0 Å². The smallest absolute Gasteiger partial charge is 0.261 e. The zero-order chi connectivity index (χ0) is 36.4. The van der Waals surface area contributed by atoms with Crippen molar-refractivity contribution in [3.05, 3.63) is 29.1 Å². The lowest BCUT2D eigenvalue weighted by Gasteiger charge is -2.40. The van der Waals surface area contributed by atoms with E-state index in [9.17, 15) is 105 Å². The second kappa shape index (κ2) is 11.3. The Morgan fingerprint density at radius 1 is 0.489 bits per heavy atom. The predicted molar refractivity (Wildman–Crippen MR) is 97.9 cm³/mol. The first-order valence-corrected chi connectivity index (χ1v) is 10.7. The summed E-state index contributed by atoms with van der Waals surface area (Å²) in [5.41, 5.74) is -5.81. The molecule has 0 radical (unpaired) electrons. The van der Waals surface area contributed by atoms with Gasteiger partial charge in [0.2, 0.25) is 0 Å². The van der Waals surface area contributed by atoms with Crippen LogP contribution in [0.3, 0.4) is 0 Å². The molecular formula is C20H11F24N. The van der Waals surface area contributed by atoms with Crippen molar-refractivity contribution < 1.29 is 105 Å². The van der Waals surface area contributed by atoms with Crippen LogP contribution in [0.4, 0.5) is 105 Å². The van der Waals surface area contributed by atoms with Crippen molar-refractivity contribution >= 4 is 0 Å². The Balaban J connectivity index is 3.73. The zero-order valence-electron chi connectivity index (χ0n) is 20.7. The number of halogens is 24. The minimum Gasteiger partial charge on any atom is -0.261 e. The van der Waals surface area contributed by atoms with E-state index in [1.54, 1.807) is 0 Å². The molecule has 25 heteroatoms. The minimum atomic E-state index is -8.15. The summed E-state index contributed by atoms with van der Waals surface area (Å²) in [6, 6.07) is -0.303. The van der Waals surface area contributed by atoms with E-state index >= 15 is 0 Å². The first kappa shape index (κ1) is 40.5. The monoisotopic (exact) mass is 721 g/mol. The lowest BCUT2D eigenvalue weighted by Crippen LogP contribution is -2.69. The Hall–Kier alpha value is -2.53. The van der Waals surface area contributed by atoms with Gasteiger partial charge in [0.15, 0.2) is 0 Å². The largest absolute Gasteiger partial charge is 0.384 e. The highest BCUT2D eigenvalue weighted by Gasteiger charge is 2.89. The van der Waals surface area contributed by atoms with Crippen LogP contribution in [-0.2, 0) is 12.8 Å². The molecule has 0 N–H and O–H groups in total. The highest BCUT2D eigenvalue weighted by atomic mass is 19.4. The average Bonchev–Trinajstić information content (AvgIpc) is 2.84. The molecule has 0 saturated heterocycles. The van der Waals surface area contributed by atoms with Crippen LogP contribution >= 0.6 is 0 Å². The molecule has 1 nitrogen and oxygen atoms in total. The van der Waals surface area contributed by atoms with Crippen LogP contribution in [0, 0.1) is 6.92 Å². The summed E-state index contributed by atoms with van der Waals surface area (Å²) in [4.78, 5) is 2.90. The molecule has 45 heavy (non-hydrogen) atoms. The predicted octanol–water partition coefficient (Wildman–Crippen LogP) is 9.36. The molecule has 0 aromatic carbocycles. The second-order valence-corrected chi connectivity index (χ2v) is 9.09. The number of alkyl halides is 24. The Kier molecular flexibility index (Phi) is 10.2. The molecule has 1 rings (SSSR count). The number of hydrogen-bond acceptors (Lipinski definition) is 1. The summed E-state index contributed by atoms with van der Waals surface area (Å²) in [6.45, 7) is 0.229. The van der Waals surface area contributed by atoms with E-state index in [1.165, 1.54) is 0 Å². The van der Waals surface area contributed by atoms with Crippen molar-refractivity contribution in [3.8, 4) is 0 Å². The highest BCUT2D eigenvalue weighted by molar-refractivity contribution is 5.33. The van der Waals surface area contributed by atoms with E-state index in [0.29, 0.717) is 0 Å². The van der Waals surface area contributed by atoms with Gasteiger partial charge < -0.3 is 0 Å². The zero-order valence-corrected chi connectivity index (χ0v) is 20.7. The molecule has 0 saturated carbocycles. The minimum absolute atomic E-state index is 0.0440. The third-order valence-corrected chi connectivity index (χ3v) is 6.06. The molecule has 0 aliphatic heterocycles. The van der Waals surface area contributed by atoms with E-state index in [1.807, 2.05) is 0 Å². The summed E-state index contributed by atoms with van der Waals surface area (Å²) in [5, 5.41) is 0. The Morgan fingerprint density at radius 2 is 0.800 bits per heavy atom. The number of aromatic nitrogens is 1. The summed E-state index contributed by atoms with van der Waals surface area (Å²) >= 11 is 0. The summed E-state index contributed by atoms with van der Waals surface area (Å²) in [5.74, 6) is -76.9. The van der Waals surface area contributed by atoms with Crippen molar-refractivity contribution in [2.24, 2.45) is 0 Å². The molecule has 0 spiro atoms. The molecular weight excluding hydrogens is 710 g/mol. The van der Waals surface area contributed by atoms with Gasteiger partial charge in [0.05, 0.1) is 0 Å². The van der Waals surface area contributed by atoms with Crippen molar-refractivity contribution in [3.63, 3.8) is 0 Å². The van der Waals surface area contributed by atoms with Crippen LogP contribution in [0.15, 0.2) is 12.3 Å². The maximum atomic E-state index is 14.3. The Bertz CT molecular complexity index is 1200. The standard InChI is InChI=1S/C20H11F24N/c1-6-8(5-12(27,28)16(35,36)20(43,44)18(39,40)14(31,32)10(23)24)7(2-3-45-6)4-11(25,26)15(33,34)19(41,42)17(37,38)13(29,30)9(21)22/h2-3,9-10H,4-5H2,1H3.